The van der Waals surface area contributed by atoms with Gasteiger partial charge in [-0.05, 0) is 46.8 Å². The van der Waals surface area contributed by atoms with Gasteiger partial charge in [-0.2, -0.15) is 0 Å². The Labute approximate surface area is 104 Å². The fourth-order valence-electron chi connectivity index (χ4n) is 1.61. The maximum atomic E-state index is 6.06. The molecule has 0 radical (unpaired) electrons. The lowest BCUT2D eigenvalue weighted by Gasteiger charge is -2.25. The number of nitrogens with two attached hydrogens (primary N) is 1. The molecule has 0 aromatic heterocycles. The molecule has 0 heterocycles. The van der Waals surface area contributed by atoms with Crippen molar-refractivity contribution in [1.29, 1.82) is 0 Å². The van der Waals surface area contributed by atoms with Crippen LogP contribution in [0.5, 0.6) is 0 Å². The first kappa shape index (κ1) is 13.6. The lowest BCUT2D eigenvalue weighted by molar-refractivity contribution is 0.580. The van der Waals surface area contributed by atoms with E-state index >= 15 is 0 Å². The minimum atomic E-state index is -0.151. The number of benzene rings is 1. The number of hydrogen-bond donors (Lipinski definition) is 1. The molecule has 0 aliphatic heterocycles. The quantitative estimate of drug-likeness (QED) is 0.630. The molecule has 0 amide bonds. The SMILES string of the molecule is CCN(C(N)=NC(C)(C)C)c1ccc(C)cc1. The van der Waals surface area contributed by atoms with Crippen molar-refractivity contribution in [1.82, 2.24) is 0 Å². The zero-order valence-electron chi connectivity index (χ0n) is 11.5. The third-order valence-corrected chi connectivity index (χ3v) is 2.39. The van der Waals surface area contributed by atoms with Gasteiger partial charge in [-0.25, -0.2) is 4.99 Å². The van der Waals surface area contributed by atoms with E-state index < -0.39 is 0 Å². The normalized spacial score (nSPS) is 12.6. The predicted octanol–water partition coefficient (Wildman–Crippen LogP) is 2.93. The van der Waals surface area contributed by atoms with E-state index in [2.05, 4.69) is 43.1 Å². The Hall–Kier alpha value is -1.51. The summed E-state index contributed by atoms with van der Waals surface area (Å²) in [4.78, 5) is 6.52. The van der Waals surface area contributed by atoms with Crippen molar-refractivity contribution in [2.45, 2.75) is 40.2 Å². The lowest BCUT2D eigenvalue weighted by atomic mass is 10.1. The van der Waals surface area contributed by atoms with Gasteiger partial charge in [-0.1, -0.05) is 17.7 Å². The summed E-state index contributed by atoms with van der Waals surface area (Å²) in [5.41, 5.74) is 8.24. The Balaban J connectivity index is 3.00. The third kappa shape index (κ3) is 4.10. The Kier molecular flexibility index (Phi) is 4.16. The van der Waals surface area contributed by atoms with Crippen molar-refractivity contribution >= 4 is 11.6 Å². The molecule has 0 saturated carbocycles. The van der Waals surface area contributed by atoms with Crippen molar-refractivity contribution in [3.8, 4) is 0 Å². The molecule has 0 aliphatic rings. The van der Waals surface area contributed by atoms with E-state index in [1.165, 1.54) is 5.56 Å². The molecule has 3 heteroatoms. The summed E-state index contributed by atoms with van der Waals surface area (Å²) < 4.78 is 0. The van der Waals surface area contributed by atoms with Crippen molar-refractivity contribution in [3.63, 3.8) is 0 Å². The van der Waals surface area contributed by atoms with Crippen molar-refractivity contribution in [3.05, 3.63) is 29.8 Å². The van der Waals surface area contributed by atoms with Crippen LogP contribution in [0.15, 0.2) is 29.3 Å². The topological polar surface area (TPSA) is 41.6 Å². The van der Waals surface area contributed by atoms with Gasteiger partial charge in [0.15, 0.2) is 5.96 Å². The first-order valence-electron chi connectivity index (χ1n) is 6.03. The van der Waals surface area contributed by atoms with E-state index in [1.54, 1.807) is 0 Å². The van der Waals surface area contributed by atoms with Crippen LogP contribution in [-0.4, -0.2) is 18.0 Å². The summed E-state index contributed by atoms with van der Waals surface area (Å²) in [6, 6.07) is 8.32. The van der Waals surface area contributed by atoms with Gasteiger partial charge in [0.1, 0.15) is 0 Å². The molecule has 0 aliphatic carbocycles. The largest absolute Gasteiger partial charge is 0.369 e. The molecule has 0 unspecified atom stereocenters. The van der Waals surface area contributed by atoms with Gasteiger partial charge in [0.25, 0.3) is 0 Å². The number of anilines is 1. The first-order valence-corrected chi connectivity index (χ1v) is 6.03. The third-order valence-electron chi connectivity index (χ3n) is 2.39. The molecule has 1 aromatic carbocycles. The summed E-state index contributed by atoms with van der Waals surface area (Å²) in [5, 5.41) is 0. The first-order chi connectivity index (χ1) is 7.83. The molecule has 2 N–H and O–H groups in total. The van der Waals surface area contributed by atoms with E-state index in [4.69, 9.17) is 5.73 Å². The van der Waals surface area contributed by atoms with Crippen LogP contribution >= 0.6 is 0 Å². The molecule has 0 fully saturated rings. The maximum Gasteiger partial charge on any atom is 0.196 e. The molecule has 17 heavy (non-hydrogen) atoms. The minimum Gasteiger partial charge on any atom is -0.369 e. The number of aryl methyl sites for hydroxylation is 1. The Morgan fingerprint density at radius 2 is 1.76 bits per heavy atom. The predicted molar refractivity (Wildman–Crippen MR) is 75.6 cm³/mol. The molecule has 1 aromatic rings. The van der Waals surface area contributed by atoms with E-state index in [1.807, 2.05) is 25.7 Å². The molecule has 1 rings (SSSR count). The number of rotatable bonds is 2. The van der Waals surface area contributed by atoms with Gasteiger partial charge < -0.3 is 10.6 Å². The summed E-state index contributed by atoms with van der Waals surface area (Å²) in [6.45, 7) is 11.1. The van der Waals surface area contributed by atoms with Gasteiger partial charge in [-0.15, -0.1) is 0 Å². The lowest BCUT2D eigenvalue weighted by Crippen LogP contribution is -2.39. The summed E-state index contributed by atoms with van der Waals surface area (Å²) in [6.07, 6.45) is 0. The number of nitrogens with zero attached hydrogens (tertiary/aromatic N) is 2. The Morgan fingerprint density at radius 3 is 2.18 bits per heavy atom. The number of hydrogen-bond acceptors (Lipinski definition) is 1. The molecular weight excluding hydrogens is 210 g/mol. The molecule has 0 bridgehead atoms. The van der Waals surface area contributed by atoms with E-state index in [0.717, 1.165) is 12.2 Å². The highest BCUT2D eigenvalue weighted by molar-refractivity contribution is 5.95. The second-order valence-electron chi connectivity index (χ2n) is 5.22. The second kappa shape index (κ2) is 5.21. The second-order valence-corrected chi connectivity index (χ2v) is 5.22. The van der Waals surface area contributed by atoms with Gasteiger partial charge >= 0.3 is 0 Å². The van der Waals surface area contributed by atoms with Gasteiger partial charge in [0.05, 0.1) is 5.54 Å². The monoisotopic (exact) mass is 233 g/mol. The summed E-state index contributed by atoms with van der Waals surface area (Å²) in [7, 11) is 0. The van der Waals surface area contributed by atoms with Crippen LogP contribution in [0.4, 0.5) is 5.69 Å². The summed E-state index contributed by atoms with van der Waals surface area (Å²) >= 11 is 0. The molecule has 0 spiro atoms. The molecular formula is C14H23N3. The van der Waals surface area contributed by atoms with Crippen LogP contribution in [-0.2, 0) is 0 Å². The van der Waals surface area contributed by atoms with Crippen molar-refractivity contribution < 1.29 is 0 Å². The molecule has 0 saturated heterocycles. The average Bonchev–Trinajstić information content (AvgIpc) is 2.19. The standard InChI is InChI=1S/C14H23N3/c1-6-17(13(15)16-14(3,4)5)12-9-7-11(2)8-10-12/h7-10H,6H2,1-5H3,(H2,15,16). The number of guanidine groups is 1. The smallest absolute Gasteiger partial charge is 0.196 e. The zero-order valence-corrected chi connectivity index (χ0v) is 11.5. The highest BCUT2D eigenvalue weighted by Gasteiger charge is 2.13. The van der Waals surface area contributed by atoms with Gasteiger partial charge in [0.2, 0.25) is 0 Å². The van der Waals surface area contributed by atoms with Crippen molar-refractivity contribution in [2.75, 3.05) is 11.4 Å². The van der Waals surface area contributed by atoms with Crippen LogP contribution in [0.1, 0.15) is 33.3 Å². The maximum absolute atomic E-state index is 6.06. The van der Waals surface area contributed by atoms with Gasteiger partial charge in [0, 0.05) is 12.2 Å². The minimum absolute atomic E-state index is 0.151. The van der Waals surface area contributed by atoms with E-state index in [0.29, 0.717) is 5.96 Å². The van der Waals surface area contributed by atoms with Crippen LogP contribution in [0.25, 0.3) is 0 Å². The number of aliphatic imine (C=N–C) groups is 1. The Bertz CT molecular complexity index is 385. The molecule has 3 nitrogen and oxygen atoms in total. The highest BCUT2D eigenvalue weighted by atomic mass is 15.3. The van der Waals surface area contributed by atoms with Crippen LogP contribution in [0, 0.1) is 6.92 Å². The summed E-state index contributed by atoms with van der Waals surface area (Å²) in [5.74, 6) is 0.573. The van der Waals surface area contributed by atoms with Crippen LogP contribution in [0.2, 0.25) is 0 Å². The zero-order chi connectivity index (χ0) is 13.1. The van der Waals surface area contributed by atoms with Crippen molar-refractivity contribution in [2.24, 2.45) is 10.7 Å². The average molecular weight is 233 g/mol. The molecule has 0 atom stereocenters. The Morgan fingerprint density at radius 1 is 1.24 bits per heavy atom. The van der Waals surface area contributed by atoms with E-state index in [-0.39, 0.29) is 5.54 Å². The van der Waals surface area contributed by atoms with E-state index in [9.17, 15) is 0 Å². The molecule has 94 valence electrons. The fraction of sp³-hybridized carbons (Fsp3) is 0.500. The van der Waals surface area contributed by atoms with Crippen LogP contribution in [0.3, 0.4) is 0 Å². The van der Waals surface area contributed by atoms with Gasteiger partial charge in [-0.3, -0.25) is 0 Å². The highest BCUT2D eigenvalue weighted by Crippen LogP contribution is 2.16. The van der Waals surface area contributed by atoms with Crippen LogP contribution < -0.4 is 10.6 Å². The fourth-order valence-corrected chi connectivity index (χ4v) is 1.61.